The lowest BCUT2D eigenvalue weighted by atomic mass is 10.0. The molecule has 0 unspecified atom stereocenters. The Morgan fingerprint density at radius 3 is 2.58 bits per heavy atom. The molecule has 0 fully saturated rings. The van der Waals surface area contributed by atoms with Crippen molar-refractivity contribution in [2.24, 2.45) is 0 Å². The van der Waals surface area contributed by atoms with Crippen LogP contribution in [-0.4, -0.2) is 15.9 Å². The van der Waals surface area contributed by atoms with E-state index in [0.717, 1.165) is 22.4 Å². The minimum absolute atomic E-state index is 0.137. The molecular weight excluding hydrogens is 308 g/mol. The van der Waals surface area contributed by atoms with Crippen molar-refractivity contribution in [2.75, 3.05) is 5.32 Å². The Kier molecular flexibility index (Phi) is 4.11. The molecule has 120 valence electrons. The van der Waals surface area contributed by atoms with Gasteiger partial charge in [-0.1, -0.05) is 42.5 Å². The van der Waals surface area contributed by atoms with Gasteiger partial charge in [0.25, 0.3) is 5.69 Å². The Balaban J connectivity index is 1.79. The van der Waals surface area contributed by atoms with E-state index in [1.54, 1.807) is 0 Å². The molecular formula is C18H14N2O4. The summed E-state index contributed by atoms with van der Waals surface area (Å²) in [5, 5.41) is 25.1. The van der Waals surface area contributed by atoms with Crippen LogP contribution in [0.5, 0.6) is 5.75 Å². The zero-order valence-corrected chi connectivity index (χ0v) is 12.6. The van der Waals surface area contributed by atoms with Gasteiger partial charge >= 0.3 is 0 Å². The van der Waals surface area contributed by atoms with Crippen molar-refractivity contribution in [1.82, 2.24) is 0 Å². The average molecular weight is 322 g/mol. The molecule has 24 heavy (non-hydrogen) atoms. The van der Waals surface area contributed by atoms with Crippen LogP contribution in [0.4, 0.5) is 11.4 Å². The van der Waals surface area contributed by atoms with Crippen LogP contribution in [0.15, 0.2) is 60.7 Å². The summed E-state index contributed by atoms with van der Waals surface area (Å²) in [5.41, 5.74) is 0.775. The fraction of sp³-hybridized carbons (Fsp3) is 0.0556. The fourth-order valence-electron chi connectivity index (χ4n) is 2.55. The Morgan fingerprint density at radius 2 is 1.83 bits per heavy atom. The van der Waals surface area contributed by atoms with Gasteiger partial charge in [0.05, 0.1) is 23.1 Å². The number of fused-ring (bicyclic) bond motifs is 1. The minimum Gasteiger partial charge on any atom is -0.506 e. The molecule has 0 aromatic heterocycles. The second-order valence-electron chi connectivity index (χ2n) is 5.32. The van der Waals surface area contributed by atoms with Crippen molar-refractivity contribution in [1.29, 1.82) is 0 Å². The topological polar surface area (TPSA) is 92.5 Å². The van der Waals surface area contributed by atoms with E-state index in [1.165, 1.54) is 12.1 Å². The molecule has 0 saturated heterocycles. The van der Waals surface area contributed by atoms with Gasteiger partial charge in [-0.2, -0.15) is 0 Å². The summed E-state index contributed by atoms with van der Waals surface area (Å²) in [4.78, 5) is 22.3. The van der Waals surface area contributed by atoms with Crippen molar-refractivity contribution >= 4 is 28.1 Å². The van der Waals surface area contributed by atoms with Gasteiger partial charge < -0.3 is 10.4 Å². The van der Waals surface area contributed by atoms with Crippen molar-refractivity contribution in [3.63, 3.8) is 0 Å². The summed E-state index contributed by atoms with van der Waals surface area (Å²) >= 11 is 0. The van der Waals surface area contributed by atoms with Gasteiger partial charge in [-0.15, -0.1) is 0 Å². The molecule has 0 aliphatic heterocycles. The van der Waals surface area contributed by atoms with E-state index >= 15 is 0 Å². The third kappa shape index (κ3) is 3.17. The number of phenols is 1. The Bertz CT molecular complexity index is 932. The highest BCUT2D eigenvalue weighted by Crippen LogP contribution is 2.28. The first-order valence-electron chi connectivity index (χ1n) is 7.28. The first-order chi connectivity index (χ1) is 11.5. The Morgan fingerprint density at radius 1 is 1.08 bits per heavy atom. The smallest absolute Gasteiger partial charge is 0.273 e. The van der Waals surface area contributed by atoms with Crippen molar-refractivity contribution in [3.8, 4) is 5.75 Å². The van der Waals surface area contributed by atoms with Crippen LogP contribution in [0.2, 0.25) is 0 Å². The highest BCUT2D eigenvalue weighted by Gasteiger charge is 2.13. The maximum Gasteiger partial charge on any atom is 0.273 e. The summed E-state index contributed by atoms with van der Waals surface area (Å²) in [6.45, 7) is 0. The number of carbonyl (C=O) groups excluding carboxylic acids is 1. The third-order valence-electron chi connectivity index (χ3n) is 3.70. The highest BCUT2D eigenvalue weighted by molar-refractivity contribution is 5.97. The van der Waals surface area contributed by atoms with Crippen LogP contribution in [0.1, 0.15) is 5.56 Å². The highest BCUT2D eigenvalue weighted by atomic mass is 16.6. The predicted octanol–water partition coefficient (Wildman–Crippen LogP) is 3.63. The van der Waals surface area contributed by atoms with Gasteiger partial charge in [0, 0.05) is 6.07 Å². The van der Waals surface area contributed by atoms with E-state index in [4.69, 9.17) is 0 Å². The predicted molar refractivity (Wildman–Crippen MR) is 91.0 cm³/mol. The Labute approximate surface area is 137 Å². The molecule has 0 saturated carbocycles. The first kappa shape index (κ1) is 15.5. The van der Waals surface area contributed by atoms with E-state index in [1.807, 2.05) is 42.5 Å². The van der Waals surface area contributed by atoms with E-state index in [2.05, 4.69) is 5.32 Å². The number of phenolic OH excluding ortho intramolecular Hbond substituents is 1. The molecule has 3 aromatic rings. The van der Waals surface area contributed by atoms with Crippen LogP contribution in [-0.2, 0) is 11.2 Å². The number of nitro groups is 1. The number of non-ortho nitro benzene ring substituents is 1. The molecule has 0 radical (unpaired) electrons. The summed E-state index contributed by atoms with van der Waals surface area (Å²) < 4.78 is 0. The molecule has 3 aromatic carbocycles. The number of aromatic hydroxyl groups is 1. The maximum atomic E-state index is 12.2. The minimum atomic E-state index is -0.610. The first-order valence-corrected chi connectivity index (χ1v) is 7.28. The number of nitrogens with zero attached hydrogens (tertiary/aromatic N) is 1. The van der Waals surface area contributed by atoms with Gasteiger partial charge in [-0.3, -0.25) is 14.9 Å². The van der Waals surface area contributed by atoms with Crippen LogP contribution in [0.3, 0.4) is 0 Å². The van der Waals surface area contributed by atoms with Gasteiger partial charge in [-0.25, -0.2) is 0 Å². The second kappa shape index (κ2) is 6.37. The normalized spacial score (nSPS) is 10.5. The molecule has 6 heteroatoms. The van der Waals surface area contributed by atoms with Crippen molar-refractivity contribution in [3.05, 3.63) is 76.3 Å². The molecule has 0 aliphatic rings. The number of anilines is 1. The number of hydrogen-bond acceptors (Lipinski definition) is 4. The number of benzene rings is 3. The summed E-state index contributed by atoms with van der Waals surface area (Å²) in [6.07, 6.45) is 0.137. The number of nitrogens with one attached hydrogen (secondary N) is 1. The Hall–Kier alpha value is -3.41. The number of amides is 1. The summed E-state index contributed by atoms with van der Waals surface area (Å²) in [6, 6.07) is 17.0. The SMILES string of the molecule is O=C(Cc1cccc2ccccc12)Nc1ccc([N+](=O)[O-])cc1O. The van der Waals surface area contributed by atoms with Gasteiger partial charge in [0.1, 0.15) is 5.75 Å². The zero-order chi connectivity index (χ0) is 17.1. The number of rotatable bonds is 4. The van der Waals surface area contributed by atoms with Crippen LogP contribution in [0.25, 0.3) is 10.8 Å². The quantitative estimate of drug-likeness (QED) is 0.436. The van der Waals surface area contributed by atoms with Crippen LogP contribution >= 0.6 is 0 Å². The van der Waals surface area contributed by atoms with Gasteiger partial charge in [-0.05, 0) is 22.4 Å². The number of carbonyl (C=O) groups is 1. The van der Waals surface area contributed by atoms with E-state index in [-0.39, 0.29) is 29.5 Å². The van der Waals surface area contributed by atoms with Crippen LogP contribution in [0, 0.1) is 10.1 Å². The molecule has 0 bridgehead atoms. The van der Waals surface area contributed by atoms with Crippen molar-refractivity contribution < 1.29 is 14.8 Å². The largest absolute Gasteiger partial charge is 0.506 e. The summed E-state index contributed by atoms with van der Waals surface area (Å²) in [5.74, 6) is -0.647. The lowest BCUT2D eigenvalue weighted by molar-refractivity contribution is -0.384. The van der Waals surface area contributed by atoms with Crippen molar-refractivity contribution in [2.45, 2.75) is 6.42 Å². The molecule has 3 rings (SSSR count). The molecule has 0 heterocycles. The second-order valence-corrected chi connectivity index (χ2v) is 5.32. The van der Waals surface area contributed by atoms with E-state index in [0.29, 0.717) is 0 Å². The molecule has 6 nitrogen and oxygen atoms in total. The van der Waals surface area contributed by atoms with Crippen LogP contribution < -0.4 is 5.32 Å². The number of hydrogen-bond donors (Lipinski definition) is 2. The molecule has 1 amide bonds. The van der Waals surface area contributed by atoms with E-state index in [9.17, 15) is 20.0 Å². The molecule has 0 spiro atoms. The molecule has 0 aliphatic carbocycles. The lowest BCUT2D eigenvalue weighted by Crippen LogP contribution is -2.14. The number of nitro benzene ring substituents is 1. The monoisotopic (exact) mass is 322 g/mol. The molecule has 2 N–H and O–H groups in total. The average Bonchev–Trinajstić information content (AvgIpc) is 2.57. The fourth-order valence-corrected chi connectivity index (χ4v) is 2.55. The lowest BCUT2D eigenvalue weighted by Gasteiger charge is -2.09. The molecule has 0 atom stereocenters. The van der Waals surface area contributed by atoms with Gasteiger partial charge in [0.15, 0.2) is 0 Å². The standard InChI is InChI=1S/C18H14N2O4/c21-17-11-14(20(23)24)8-9-16(17)19-18(22)10-13-6-3-5-12-4-1-2-7-15(12)13/h1-9,11,21H,10H2,(H,19,22). The van der Waals surface area contributed by atoms with Gasteiger partial charge in [0.2, 0.25) is 5.91 Å². The summed E-state index contributed by atoms with van der Waals surface area (Å²) in [7, 11) is 0. The third-order valence-corrected chi connectivity index (χ3v) is 3.70. The zero-order valence-electron chi connectivity index (χ0n) is 12.6. The maximum absolute atomic E-state index is 12.2. The van der Waals surface area contributed by atoms with E-state index < -0.39 is 4.92 Å².